The molecule has 0 radical (unpaired) electrons. The van der Waals surface area contributed by atoms with E-state index in [1.54, 1.807) is 0 Å². The van der Waals surface area contributed by atoms with Crippen LogP contribution in [0.3, 0.4) is 0 Å². The van der Waals surface area contributed by atoms with Gasteiger partial charge in [0.25, 0.3) is 0 Å². The first-order valence-electron chi connectivity index (χ1n) is 11.7. The van der Waals surface area contributed by atoms with Gasteiger partial charge in [0.05, 0.1) is 6.61 Å². The summed E-state index contributed by atoms with van der Waals surface area (Å²) in [6.45, 7) is 9.05. The van der Waals surface area contributed by atoms with E-state index in [0.717, 1.165) is 12.8 Å². The molecule has 0 bridgehead atoms. The zero-order valence-corrected chi connectivity index (χ0v) is 19.4. The second-order valence-electron chi connectivity index (χ2n) is 10.6. The minimum Gasteiger partial charge on any atom is -0.616 e. The Balaban J connectivity index is 1.59. The number of aliphatic hydroxyl groups is 1. The van der Waals surface area contributed by atoms with E-state index in [1.165, 1.54) is 43.3 Å². The van der Waals surface area contributed by atoms with Crippen molar-refractivity contribution in [2.45, 2.75) is 89.6 Å². The van der Waals surface area contributed by atoms with Crippen LogP contribution in [0.15, 0.2) is 23.3 Å². The highest BCUT2D eigenvalue weighted by atomic mass is 32.2. The highest BCUT2D eigenvalue weighted by Gasteiger charge is 2.59. The fraction of sp³-hybridized carbons (Fsp3) is 0.800. The van der Waals surface area contributed by atoms with E-state index < -0.39 is 11.2 Å². The van der Waals surface area contributed by atoms with Gasteiger partial charge in [-0.3, -0.25) is 4.79 Å². The molecule has 0 aromatic carbocycles. The summed E-state index contributed by atoms with van der Waals surface area (Å²) in [7, 11) is 0. The first kappa shape index (κ1) is 21.6. The van der Waals surface area contributed by atoms with E-state index in [0.29, 0.717) is 24.2 Å². The van der Waals surface area contributed by atoms with Crippen LogP contribution in [0.25, 0.3) is 0 Å². The first-order chi connectivity index (χ1) is 13.8. The number of hydrogen-bond acceptors (Lipinski definition) is 3. The summed E-state index contributed by atoms with van der Waals surface area (Å²) in [6, 6.07) is 0. The predicted molar refractivity (Wildman–Crippen MR) is 119 cm³/mol. The molecule has 29 heavy (non-hydrogen) atoms. The molecular formula is C25H38O3S. The lowest BCUT2D eigenvalue weighted by molar-refractivity contribution is -0.115. The normalized spacial score (nSPS) is 47.7. The van der Waals surface area contributed by atoms with Gasteiger partial charge >= 0.3 is 0 Å². The van der Waals surface area contributed by atoms with E-state index in [2.05, 4.69) is 33.8 Å². The monoisotopic (exact) mass is 418 g/mol. The third-order valence-electron chi connectivity index (χ3n) is 9.53. The Labute approximate surface area is 179 Å². The number of fused-ring (bicyclic) bond motifs is 2. The lowest BCUT2D eigenvalue weighted by atomic mass is 9.59. The molecule has 8 atom stereocenters. The highest BCUT2D eigenvalue weighted by Crippen LogP contribution is 2.62. The van der Waals surface area contributed by atoms with Crippen molar-refractivity contribution in [1.29, 1.82) is 0 Å². The Morgan fingerprint density at radius 1 is 1.31 bits per heavy atom. The zero-order valence-electron chi connectivity index (χ0n) is 18.6. The van der Waals surface area contributed by atoms with Crippen molar-refractivity contribution in [2.24, 2.45) is 28.6 Å². The van der Waals surface area contributed by atoms with Crippen LogP contribution in [0.4, 0.5) is 0 Å². The summed E-state index contributed by atoms with van der Waals surface area (Å²) < 4.78 is 13.4. The standard InChI is InChI=1S/C25H38O3S/c1-5-17(15-26)20-8-9-21-18(7-6-11-25(20,21)4)13-23-22-14-19(27)10-12-24(22,3)16(2)29(23)28/h5,14,16,18,20-21,23,26H,6-13,15H2,1-4H3/b17-5-/t16?,18?,20?,21?,23-,24-,25-,29?/m1/s1. The van der Waals surface area contributed by atoms with Crippen molar-refractivity contribution in [2.75, 3.05) is 6.61 Å². The minimum atomic E-state index is -0.895. The Morgan fingerprint density at radius 3 is 2.76 bits per heavy atom. The predicted octanol–water partition coefficient (Wildman–Crippen LogP) is 4.96. The van der Waals surface area contributed by atoms with Crippen LogP contribution in [-0.4, -0.2) is 32.5 Å². The fourth-order valence-corrected chi connectivity index (χ4v) is 9.88. The molecule has 3 nitrogen and oxygen atoms in total. The average Bonchev–Trinajstić information content (AvgIpc) is 3.13. The summed E-state index contributed by atoms with van der Waals surface area (Å²) in [6.07, 6.45) is 12.5. The number of rotatable bonds is 4. The first-order valence-corrected chi connectivity index (χ1v) is 12.9. The van der Waals surface area contributed by atoms with Crippen LogP contribution in [0.5, 0.6) is 0 Å². The second kappa shape index (κ2) is 7.84. The number of carbonyl (C=O) groups is 1. The molecule has 2 saturated carbocycles. The van der Waals surface area contributed by atoms with Gasteiger partial charge in [0.2, 0.25) is 0 Å². The molecule has 1 N–H and O–H groups in total. The maximum atomic E-state index is 13.4. The summed E-state index contributed by atoms with van der Waals surface area (Å²) in [5.74, 6) is 1.93. The smallest absolute Gasteiger partial charge is 0.155 e. The average molecular weight is 419 g/mol. The Morgan fingerprint density at radius 2 is 2.07 bits per heavy atom. The van der Waals surface area contributed by atoms with Crippen molar-refractivity contribution in [3.63, 3.8) is 0 Å². The molecule has 3 aliphatic carbocycles. The van der Waals surface area contributed by atoms with Crippen molar-refractivity contribution < 1.29 is 14.5 Å². The number of hydrogen-bond donors (Lipinski definition) is 1. The van der Waals surface area contributed by atoms with E-state index in [1.807, 2.05) is 6.08 Å². The van der Waals surface area contributed by atoms with Crippen LogP contribution in [0.2, 0.25) is 0 Å². The largest absolute Gasteiger partial charge is 0.616 e. The topological polar surface area (TPSA) is 60.4 Å². The lowest BCUT2D eigenvalue weighted by Gasteiger charge is -2.46. The van der Waals surface area contributed by atoms with Gasteiger partial charge in [-0.15, -0.1) is 0 Å². The molecule has 0 amide bonds. The maximum absolute atomic E-state index is 13.4. The molecule has 3 fully saturated rings. The summed E-state index contributed by atoms with van der Waals surface area (Å²) in [5.41, 5.74) is 2.60. The quantitative estimate of drug-likeness (QED) is 0.518. The van der Waals surface area contributed by atoms with Gasteiger partial charge < -0.3 is 9.66 Å². The van der Waals surface area contributed by atoms with Crippen molar-refractivity contribution in [3.05, 3.63) is 23.3 Å². The van der Waals surface area contributed by atoms with Gasteiger partial charge in [-0.1, -0.05) is 26.3 Å². The van der Waals surface area contributed by atoms with Crippen LogP contribution in [0.1, 0.15) is 79.1 Å². The summed E-state index contributed by atoms with van der Waals surface area (Å²) in [4.78, 5) is 12.2. The molecule has 1 heterocycles. The van der Waals surface area contributed by atoms with Crippen molar-refractivity contribution >= 4 is 17.0 Å². The van der Waals surface area contributed by atoms with Crippen LogP contribution in [0, 0.1) is 28.6 Å². The van der Waals surface area contributed by atoms with Gasteiger partial charge in [0, 0.05) is 18.3 Å². The van der Waals surface area contributed by atoms with Crippen LogP contribution in [-0.2, 0) is 16.0 Å². The van der Waals surface area contributed by atoms with Crippen molar-refractivity contribution in [1.82, 2.24) is 0 Å². The van der Waals surface area contributed by atoms with Crippen LogP contribution < -0.4 is 0 Å². The van der Waals surface area contributed by atoms with Gasteiger partial charge in [-0.2, -0.15) is 0 Å². The highest BCUT2D eigenvalue weighted by molar-refractivity contribution is 7.93. The molecule has 5 unspecified atom stereocenters. The number of allylic oxidation sites excluding steroid dienone is 2. The SMILES string of the molecule is C/C=C(/CO)C1CCC2C(C[C@@H]3C4=CC(=O)CC[C@]4(C)C(C)[S+]3[O-])CCC[C@]12C. The number of carbonyl (C=O) groups excluding carboxylic acids is 1. The van der Waals surface area contributed by atoms with Gasteiger partial charge in [-0.05, 0) is 97.5 Å². The molecule has 0 spiro atoms. The van der Waals surface area contributed by atoms with E-state index >= 15 is 0 Å². The van der Waals surface area contributed by atoms with Crippen LogP contribution >= 0.6 is 0 Å². The molecule has 4 rings (SSSR count). The lowest BCUT2D eigenvalue weighted by Crippen LogP contribution is -2.40. The number of aliphatic hydroxyl groups excluding tert-OH is 1. The Hall–Kier alpha value is -0.580. The van der Waals surface area contributed by atoms with Gasteiger partial charge in [0.15, 0.2) is 5.78 Å². The van der Waals surface area contributed by atoms with E-state index in [9.17, 15) is 14.5 Å². The Bertz CT molecular complexity index is 728. The molecule has 4 aliphatic rings. The third-order valence-corrected chi connectivity index (χ3v) is 11.8. The molecule has 1 saturated heterocycles. The van der Waals surface area contributed by atoms with Gasteiger partial charge in [-0.25, -0.2) is 0 Å². The molecular weight excluding hydrogens is 380 g/mol. The fourth-order valence-electron chi connectivity index (χ4n) is 7.60. The minimum absolute atomic E-state index is 0.0599. The van der Waals surface area contributed by atoms with Crippen molar-refractivity contribution in [3.8, 4) is 0 Å². The zero-order chi connectivity index (χ0) is 21.0. The third kappa shape index (κ3) is 3.29. The molecule has 162 valence electrons. The Kier molecular flexibility index (Phi) is 5.85. The molecule has 0 aromatic rings. The molecule has 1 aliphatic heterocycles. The van der Waals surface area contributed by atoms with Gasteiger partial charge in [0.1, 0.15) is 10.5 Å². The summed E-state index contributed by atoms with van der Waals surface area (Å²) >= 11 is -0.895. The number of ketones is 1. The molecule has 0 aromatic heterocycles. The maximum Gasteiger partial charge on any atom is 0.155 e. The summed E-state index contributed by atoms with van der Waals surface area (Å²) in [5, 5.41) is 10.1. The second-order valence-corrected chi connectivity index (χ2v) is 12.5. The van der Waals surface area contributed by atoms with E-state index in [-0.39, 0.29) is 33.7 Å². The molecule has 4 heteroatoms. The van der Waals surface area contributed by atoms with E-state index in [4.69, 9.17) is 0 Å².